The number of nitrogens with zero attached hydrogens (tertiary/aromatic N) is 2. The summed E-state index contributed by atoms with van der Waals surface area (Å²) in [6, 6.07) is 23.3. The first-order valence-corrected chi connectivity index (χ1v) is 15.8. The maximum absolute atomic E-state index is 6.87. The van der Waals surface area contributed by atoms with Gasteiger partial charge in [-0.2, -0.15) is 0 Å². The summed E-state index contributed by atoms with van der Waals surface area (Å²) in [6.07, 6.45) is 4.08. The van der Waals surface area contributed by atoms with E-state index in [2.05, 4.69) is 116 Å². The third kappa shape index (κ3) is 4.17. The van der Waals surface area contributed by atoms with Gasteiger partial charge in [-0.25, -0.2) is 0 Å². The quantitative estimate of drug-likeness (QED) is 0.399. The van der Waals surface area contributed by atoms with Crippen LogP contribution in [0.25, 0.3) is 10.9 Å². The minimum absolute atomic E-state index is 0.207. The lowest BCUT2D eigenvalue weighted by atomic mass is 9.93. The van der Waals surface area contributed by atoms with E-state index in [1.165, 1.54) is 41.4 Å². The second-order valence-corrected chi connectivity index (χ2v) is 16.6. The van der Waals surface area contributed by atoms with Crippen LogP contribution in [-0.2, 0) is 11.5 Å². The molecule has 2 saturated heterocycles. The predicted molar refractivity (Wildman–Crippen MR) is 144 cm³/mol. The molecule has 0 unspecified atom stereocenters. The van der Waals surface area contributed by atoms with Gasteiger partial charge in [0, 0.05) is 24.3 Å². The summed E-state index contributed by atoms with van der Waals surface area (Å²) in [5.74, 6) is 0. The van der Waals surface area contributed by atoms with E-state index in [1.807, 2.05) is 0 Å². The Hall–Kier alpha value is -1.92. The van der Waals surface area contributed by atoms with E-state index < -0.39 is 8.32 Å². The second-order valence-electron chi connectivity index (χ2n) is 11.8. The van der Waals surface area contributed by atoms with E-state index in [-0.39, 0.29) is 11.1 Å². The highest BCUT2D eigenvalue weighted by Crippen LogP contribution is 2.45. The summed E-state index contributed by atoms with van der Waals surface area (Å²) >= 11 is 0. The van der Waals surface area contributed by atoms with Crippen LogP contribution in [0.15, 0.2) is 60.7 Å². The van der Waals surface area contributed by atoms with Gasteiger partial charge in [0.15, 0.2) is 8.32 Å². The topological polar surface area (TPSA) is 29.4 Å². The normalized spacial score (nSPS) is 24.6. The Morgan fingerprint density at radius 3 is 2.44 bits per heavy atom. The molecule has 4 atom stereocenters. The highest BCUT2D eigenvalue weighted by atomic mass is 28.4. The minimum Gasteiger partial charge on any atom is -0.415 e. The fourth-order valence-corrected chi connectivity index (χ4v) is 6.76. The Morgan fingerprint density at radius 1 is 1.03 bits per heavy atom. The van der Waals surface area contributed by atoms with Gasteiger partial charge in [0.2, 0.25) is 0 Å². The highest BCUT2D eigenvalue weighted by molar-refractivity contribution is 6.74. The number of fused-ring (bicyclic) bond motifs is 3. The van der Waals surface area contributed by atoms with Gasteiger partial charge in [0.1, 0.15) is 0 Å². The van der Waals surface area contributed by atoms with Crippen molar-refractivity contribution in [3.8, 4) is 0 Å². The first-order chi connectivity index (χ1) is 16.2. The average Bonchev–Trinajstić information content (AvgIpc) is 3.23. The summed E-state index contributed by atoms with van der Waals surface area (Å²) in [4.78, 5) is 2.77. The van der Waals surface area contributed by atoms with E-state index in [0.717, 1.165) is 6.61 Å². The number of rotatable bonds is 6. The Bertz CT molecular complexity index is 1130. The minimum atomic E-state index is -1.85. The highest BCUT2D eigenvalue weighted by Gasteiger charge is 2.48. The molecular weight excluding hydrogens is 434 g/mol. The molecule has 34 heavy (non-hydrogen) atoms. The zero-order valence-electron chi connectivity index (χ0n) is 21.7. The zero-order valence-corrected chi connectivity index (χ0v) is 22.7. The third-order valence-corrected chi connectivity index (χ3v) is 13.2. The Kier molecular flexibility index (Phi) is 6.26. The predicted octanol–water partition coefficient (Wildman–Crippen LogP) is 6.77. The van der Waals surface area contributed by atoms with Crippen molar-refractivity contribution in [2.24, 2.45) is 7.05 Å². The number of para-hydroxylation sites is 1. The summed E-state index contributed by atoms with van der Waals surface area (Å²) in [7, 11) is 0.372. The Morgan fingerprint density at radius 2 is 1.74 bits per heavy atom. The largest absolute Gasteiger partial charge is 0.415 e. The molecule has 1 aromatic heterocycles. The number of piperidine rings is 1. The fourth-order valence-electron chi connectivity index (χ4n) is 5.75. The molecular formula is C29H41N3OSi. The van der Waals surface area contributed by atoms with Crippen LogP contribution in [0.2, 0.25) is 18.1 Å². The number of benzene rings is 2. The van der Waals surface area contributed by atoms with Crippen molar-refractivity contribution in [3.63, 3.8) is 0 Å². The van der Waals surface area contributed by atoms with Crippen LogP contribution in [0.4, 0.5) is 0 Å². The van der Waals surface area contributed by atoms with Crippen LogP contribution in [-0.4, -0.2) is 36.6 Å². The van der Waals surface area contributed by atoms with E-state index >= 15 is 0 Å². The van der Waals surface area contributed by atoms with Crippen LogP contribution in [0.5, 0.6) is 0 Å². The molecule has 5 rings (SSSR count). The van der Waals surface area contributed by atoms with Crippen molar-refractivity contribution in [1.82, 2.24) is 14.8 Å². The fraction of sp³-hybridized carbons (Fsp3) is 0.517. The molecule has 2 aromatic carbocycles. The maximum atomic E-state index is 6.87. The van der Waals surface area contributed by atoms with E-state index in [9.17, 15) is 0 Å². The van der Waals surface area contributed by atoms with E-state index in [4.69, 9.17) is 4.43 Å². The van der Waals surface area contributed by atoms with Crippen LogP contribution in [0.1, 0.15) is 63.4 Å². The van der Waals surface area contributed by atoms with Crippen molar-refractivity contribution in [3.05, 3.63) is 71.9 Å². The lowest BCUT2D eigenvalue weighted by Crippen LogP contribution is -2.48. The van der Waals surface area contributed by atoms with Crippen LogP contribution < -0.4 is 5.32 Å². The molecule has 0 radical (unpaired) electrons. The van der Waals surface area contributed by atoms with E-state index in [0.29, 0.717) is 18.2 Å². The number of aryl methyl sites for hydroxylation is 1. The molecule has 0 spiro atoms. The van der Waals surface area contributed by atoms with Crippen molar-refractivity contribution in [2.75, 3.05) is 6.61 Å². The van der Waals surface area contributed by atoms with Crippen molar-refractivity contribution >= 4 is 19.2 Å². The van der Waals surface area contributed by atoms with Crippen molar-refractivity contribution in [2.45, 2.75) is 82.5 Å². The lowest BCUT2D eigenvalue weighted by Gasteiger charge is -2.43. The molecule has 2 bridgehead atoms. The molecule has 0 saturated carbocycles. The lowest BCUT2D eigenvalue weighted by molar-refractivity contribution is 0.0470. The summed E-state index contributed by atoms with van der Waals surface area (Å²) in [5, 5.41) is 5.60. The van der Waals surface area contributed by atoms with Gasteiger partial charge in [-0.3, -0.25) is 10.2 Å². The zero-order chi connectivity index (χ0) is 24.1. The van der Waals surface area contributed by atoms with Gasteiger partial charge in [-0.05, 0) is 60.5 Å². The molecule has 1 N–H and O–H groups in total. The second kappa shape index (κ2) is 8.94. The Labute approximate surface area is 206 Å². The molecule has 4 nitrogen and oxygen atoms in total. The van der Waals surface area contributed by atoms with Crippen molar-refractivity contribution in [1.29, 1.82) is 0 Å². The SMILES string of the molecule is Cn1c([C@H]2N[C@H]3CCC[C@@H]2N3[C@@H](CO[Si](C)(C)C(C)(C)C)c2ccccc2)cc2ccccc21. The first-order valence-electron chi connectivity index (χ1n) is 12.9. The standard InChI is InChI=1S/C29H41N3OSi/c1-29(2,3)34(5,6)33-20-26(21-13-8-7-9-14-21)32-24-17-12-18-27(32)30-28(24)25-19-22-15-10-11-16-23(22)31(25)4/h7-11,13-16,19,24,26-28,30H,12,17-18,20H2,1-6H3/t24-,26-,27+,28-/m0/s1. The smallest absolute Gasteiger partial charge is 0.192 e. The number of hydrogen-bond donors (Lipinski definition) is 1. The molecule has 3 aromatic rings. The summed E-state index contributed by atoms with van der Waals surface area (Å²) < 4.78 is 9.26. The molecule has 2 aliphatic rings. The molecule has 5 heteroatoms. The number of nitrogens with one attached hydrogen (secondary N) is 1. The monoisotopic (exact) mass is 475 g/mol. The summed E-state index contributed by atoms with van der Waals surface area (Å²) in [6.45, 7) is 12.5. The summed E-state index contributed by atoms with van der Waals surface area (Å²) in [5.41, 5.74) is 4.09. The van der Waals surface area contributed by atoms with Crippen LogP contribution in [0.3, 0.4) is 0 Å². The average molecular weight is 476 g/mol. The number of hydrogen-bond acceptors (Lipinski definition) is 3. The third-order valence-electron chi connectivity index (χ3n) is 8.74. The van der Waals surface area contributed by atoms with Crippen LogP contribution >= 0.6 is 0 Å². The first kappa shape index (κ1) is 23.8. The van der Waals surface area contributed by atoms with Crippen molar-refractivity contribution < 1.29 is 4.43 Å². The molecule has 2 fully saturated rings. The van der Waals surface area contributed by atoms with Gasteiger partial charge in [-0.1, -0.05) is 69.3 Å². The van der Waals surface area contributed by atoms with E-state index in [1.54, 1.807) is 0 Å². The van der Waals surface area contributed by atoms with Gasteiger partial charge in [0.25, 0.3) is 0 Å². The Balaban J connectivity index is 1.49. The molecule has 0 aliphatic carbocycles. The number of aromatic nitrogens is 1. The molecule has 3 heterocycles. The molecule has 2 aliphatic heterocycles. The van der Waals surface area contributed by atoms with Gasteiger partial charge < -0.3 is 8.99 Å². The van der Waals surface area contributed by atoms with Gasteiger partial charge in [-0.15, -0.1) is 0 Å². The van der Waals surface area contributed by atoms with Gasteiger partial charge >= 0.3 is 0 Å². The molecule has 182 valence electrons. The maximum Gasteiger partial charge on any atom is 0.192 e. The van der Waals surface area contributed by atoms with Gasteiger partial charge in [0.05, 0.1) is 24.9 Å². The molecule has 0 amide bonds. The van der Waals surface area contributed by atoms with Crippen LogP contribution in [0, 0.1) is 0 Å².